The fourth-order valence-corrected chi connectivity index (χ4v) is 0.942. The first-order valence-electron chi connectivity index (χ1n) is 4.91. The number of rotatable bonds is 8. The van der Waals surface area contributed by atoms with E-state index >= 15 is 0 Å². The number of amides is 1. The Hall–Kier alpha value is -0.130. The molecule has 0 aliphatic rings. The number of alkyl halides is 1. The van der Waals surface area contributed by atoms with E-state index in [1.165, 1.54) is 0 Å². The Morgan fingerprint density at radius 3 is 2.60 bits per heavy atom. The van der Waals surface area contributed by atoms with Crippen molar-refractivity contribution in [3.63, 3.8) is 0 Å². The van der Waals surface area contributed by atoms with Crippen molar-refractivity contribution in [1.82, 2.24) is 5.32 Å². The zero-order chi connectivity index (χ0) is 11.7. The van der Waals surface area contributed by atoms with Gasteiger partial charge in [0, 0.05) is 19.0 Å². The normalized spacial score (nSPS) is 11.5. The molecule has 0 aliphatic heterocycles. The first-order valence-corrected chi connectivity index (χ1v) is 6.03. The van der Waals surface area contributed by atoms with E-state index in [1.807, 2.05) is 0 Å². The quantitative estimate of drug-likeness (QED) is 0.537. The number of ether oxygens (including phenoxy) is 2. The van der Waals surface area contributed by atoms with E-state index in [0.717, 1.165) is 5.33 Å². The second-order valence-electron chi connectivity index (χ2n) is 4.12. The van der Waals surface area contributed by atoms with E-state index < -0.39 is 0 Å². The summed E-state index contributed by atoms with van der Waals surface area (Å²) in [6.45, 7) is 5.86. The standard InChI is InChI=1S/C10H20BrNO3/c1-10(2,7-11)8-12-9(13)6-15-5-4-14-3/h4-8H2,1-3H3,(H,12,13). The smallest absolute Gasteiger partial charge is 0.246 e. The molecule has 0 heterocycles. The van der Waals surface area contributed by atoms with Crippen LogP contribution in [-0.4, -0.2) is 44.7 Å². The maximum absolute atomic E-state index is 11.3. The first-order chi connectivity index (χ1) is 7.02. The highest BCUT2D eigenvalue weighted by Gasteiger charge is 2.16. The van der Waals surface area contributed by atoms with Crippen LogP contribution in [0.1, 0.15) is 13.8 Å². The number of hydrogen-bond acceptors (Lipinski definition) is 3. The molecule has 5 heteroatoms. The van der Waals surface area contributed by atoms with Crippen LogP contribution in [-0.2, 0) is 14.3 Å². The molecule has 0 fully saturated rings. The lowest BCUT2D eigenvalue weighted by molar-refractivity contribution is -0.126. The Labute approximate surface area is 99.8 Å². The molecule has 0 saturated heterocycles. The molecule has 0 atom stereocenters. The van der Waals surface area contributed by atoms with Gasteiger partial charge in [-0.15, -0.1) is 0 Å². The first kappa shape index (κ1) is 14.9. The van der Waals surface area contributed by atoms with Crippen LogP contribution >= 0.6 is 15.9 Å². The van der Waals surface area contributed by atoms with Gasteiger partial charge in [0.05, 0.1) is 13.2 Å². The van der Waals surface area contributed by atoms with E-state index in [9.17, 15) is 4.79 Å². The van der Waals surface area contributed by atoms with Gasteiger partial charge in [0.1, 0.15) is 6.61 Å². The molecule has 0 spiro atoms. The van der Waals surface area contributed by atoms with Gasteiger partial charge < -0.3 is 14.8 Å². The third-order valence-corrected chi connectivity index (χ3v) is 3.31. The average Bonchev–Trinajstić information content (AvgIpc) is 2.22. The lowest BCUT2D eigenvalue weighted by Gasteiger charge is -2.21. The minimum Gasteiger partial charge on any atom is -0.382 e. The van der Waals surface area contributed by atoms with Crippen molar-refractivity contribution in [3.05, 3.63) is 0 Å². The van der Waals surface area contributed by atoms with Gasteiger partial charge in [-0.25, -0.2) is 0 Å². The minimum atomic E-state index is -0.0832. The number of methoxy groups -OCH3 is 1. The van der Waals surface area contributed by atoms with Crippen molar-refractivity contribution in [3.8, 4) is 0 Å². The molecule has 0 aromatic rings. The summed E-state index contributed by atoms with van der Waals surface area (Å²) in [4.78, 5) is 11.3. The summed E-state index contributed by atoms with van der Waals surface area (Å²) in [6.07, 6.45) is 0. The molecule has 0 bridgehead atoms. The van der Waals surface area contributed by atoms with Gasteiger partial charge in [-0.1, -0.05) is 29.8 Å². The van der Waals surface area contributed by atoms with Crippen LogP contribution in [0, 0.1) is 5.41 Å². The van der Waals surface area contributed by atoms with E-state index in [0.29, 0.717) is 19.8 Å². The van der Waals surface area contributed by atoms with Gasteiger partial charge >= 0.3 is 0 Å². The number of halogens is 1. The third-order valence-electron chi connectivity index (χ3n) is 1.79. The average molecular weight is 282 g/mol. The van der Waals surface area contributed by atoms with Gasteiger partial charge in [0.15, 0.2) is 0 Å². The third kappa shape index (κ3) is 8.84. The molecule has 0 rings (SSSR count). The predicted molar refractivity (Wildman–Crippen MR) is 63.3 cm³/mol. The molecular formula is C10H20BrNO3. The van der Waals surface area contributed by atoms with E-state index in [4.69, 9.17) is 9.47 Å². The topological polar surface area (TPSA) is 47.6 Å². The molecule has 1 N–H and O–H groups in total. The molecule has 90 valence electrons. The highest BCUT2D eigenvalue weighted by Crippen LogP contribution is 2.15. The second kappa shape index (κ2) is 8.07. The molecule has 0 aromatic heterocycles. The molecule has 0 saturated carbocycles. The number of nitrogens with one attached hydrogen (secondary N) is 1. The summed E-state index contributed by atoms with van der Waals surface area (Å²) < 4.78 is 9.88. The zero-order valence-corrected chi connectivity index (χ0v) is 11.2. The molecule has 1 amide bonds. The number of hydrogen-bond donors (Lipinski definition) is 1. The summed E-state index contributed by atoms with van der Waals surface area (Å²) in [5, 5.41) is 3.67. The summed E-state index contributed by atoms with van der Waals surface area (Å²) >= 11 is 3.40. The van der Waals surface area contributed by atoms with Crippen molar-refractivity contribution >= 4 is 21.8 Å². The molecule has 0 aliphatic carbocycles. The Morgan fingerprint density at radius 1 is 1.40 bits per heavy atom. The monoisotopic (exact) mass is 281 g/mol. The molecule has 0 unspecified atom stereocenters. The van der Waals surface area contributed by atoms with Gasteiger partial charge in [0.25, 0.3) is 0 Å². The lowest BCUT2D eigenvalue weighted by atomic mass is 9.97. The Bertz CT molecular complexity index is 186. The van der Waals surface area contributed by atoms with Gasteiger partial charge in [-0.05, 0) is 5.41 Å². The molecular weight excluding hydrogens is 262 g/mol. The summed E-state index contributed by atoms with van der Waals surface area (Å²) in [5.74, 6) is -0.0832. The summed E-state index contributed by atoms with van der Waals surface area (Å²) in [6, 6.07) is 0. The van der Waals surface area contributed by atoms with Crippen molar-refractivity contribution in [2.75, 3.05) is 38.8 Å². The zero-order valence-electron chi connectivity index (χ0n) is 9.64. The highest BCUT2D eigenvalue weighted by atomic mass is 79.9. The van der Waals surface area contributed by atoms with Crippen LogP contribution < -0.4 is 5.32 Å². The van der Waals surface area contributed by atoms with E-state index in [-0.39, 0.29) is 17.9 Å². The largest absolute Gasteiger partial charge is 0.382 e. The lowest BCUT2D eigenvalue weighted by Crippen LogP contribution is -2.37. The number of carbonyl (C=O) groups is 1. The summed E-state index contributed by atoms with van der Waals surface area (Å²) in [5.41, 5.74) is 0.0716. The molecule has 0 radical (unpaired) electrons. The van der Waals surface area contributed by atoms with Crippen molar-refractivity contribution in [2.24, 2.45) is 5.41 Å². The van der Waals surface area contributed by atoms with Crippen molar-refractivity contribution < 1.29 is 14.3 Å². The van der Waals surface area contributed by atoms with Gasteiger partial charge in [-0.3, -0.25) is 4.79 Å². The molecule has 15 heavy (non-hydrogen) atoms. The van der Waals surface area contributed by atoms with E-state index in [1.54, 1.807) is 7.11 Å². The maximum Gasteiger partial charge on any atom is 0.246 e. The Balaban J connectivity index is 3.49. The predicted octanol–water partition coefficient (Wildman–Crippen LogP) is 1.19. The van der Waals surface area contributed by atoms with Crippen LogP contribution in [0.15, 0.2) is 0 Å². The summed E-state index contributed by atoms with van der Waals surface area (Å²) in [7, 11) is 1.60. The van der Waals surface area contributed by atoms with Gasteiger partial charge in [0.2, 0.25) is 5.91 Å². The van der Waals surface area contributed by atoms with Crippen LogP contribution in [0.3, 0.4) is 0 Å². The fourth-order valence-electron chi connectivity index (χ4n) is 0.743. The van der Waals surface area contributed by atoms with Crippen molar-refractivity contribution in [2.45, 2.75) is 13.8 Å². The second-order valence-corrected chi connectivity index (χ2v) is 4.68. The fraction of sp³-hybridized carbons (Fsp3) is 0.900. The minimum absolute atomic E-state index is 0.0716. The number of carbonyl (C=O) groups excluding carboxylic acids is 1. The molecule has 4 nitrogen and oxygen atoms in total. The highest BCUT2D eigenvalue weighted by molar-refractivity contribution is 9.09. The molecule has 0 aromatic carbocycles. The van der Waals surface area contributed by atoms with Crippen molar-refractivity contribution in [1.29, 1.82) is 0 Å². The van der Waals surface area contributed by atoms with Crippen LogP contribution in [0.4, 0.5) is 0 Å². The Kier molecular flexibility index (Phi) is 8.00. The Morgan fingerprint density at radius 2 is 2.07 bits per heavy atom. The van der Waals surface area contributed by atoms with Gasteiger partial charge in [-0.2, -0.15) is 0 Å². The SMILES string of the molecule is COCCOCC(=O)NCC(C)(C)CBr. The van der Waals surface area contributed by atoms with Crippen LogP contribution in [0.5, 0.6) is 0 Å². The van der Waals surface area contributed by atoms with Crippen LogP contribution in [0.25, 0.3) is 0 Å². The van der Waals surface area contributed by atoms with E-state index in [2.05, 4.69) is 35.1 Å². The van der Waals surface area contributed by atoms with Crippen LogP contribution in [0.2, 0.25) is 0 Å². The maximum atomic E-state index is 11.3.